The van der Waals surface area contributed by atoms with Crippen LogP contribution in [0.15, 0.2) is 88.8 Å². The number of rotatable bonds is 8. The lowest BCUT2D eigenvalue weighted by molar-refractivity contribution is -0.122. The van der Waals surface area contributed by atoms with E-state index in [2.05, 4.69) is 15.0 Å². The van der Waals surface area contributed by atoms with Gasteiger partial charge in [0.1, 0.15) is 11.9 Å². The molecule has 0 saturated heterocycles. The molecule has 0 bridgehead atoms. The van der Waals surface area contributed by atoms with Gasteiger partial charge >= 0.3 is 0 Å². The summed E-state index contributed by atoms with van der Waals surface area (Å²) in [4.78, 5) is 17.0. The molecule has 0 saturated carbocycles. The molecule has 0 aliphatic carbocycles. The number of nitrogens with one attached hydrogen (secondary N) is 2. The first-order chi connectivity index (χ1) is 15.9. The third-order valence-electron chi connectivity index (χ3n) is 5.20. The zero-order chi connectivity index (χ0) is 23.3. The summed E-state index contributed by atoms with van der Waals surface area (Å²) < 4.78 is 32.6. The van der Waals surface area contributed by atoms with Gasteiger partial charge in [-0.15, -0.1) is 0 Å². The Labute approximate surface area is 193 Å². The number of aliphatic imine (C=N–C) groups is 1. The van der Waals surface area contributed by atoms with Crippen LogP contribution in [0, 0.1) is 0 Å². The van der Waals surface area contributed by atoms with Crippen LogP contribution in [0.2, 0.25) is 0 Å². The number of amidine groups is 1. The highest BCUT2D eigenvalue weighted by atomic mass is 32.2. The Bertz CT molecular complexity index is 1270. The van der Waals surface area contributed by atoms with Gasteiger partial charge < -0.3 is 10.1 Å². The monoisotopic (exact) mass is 463 g/mol. The van der Waals surface area contributed by atoms with Crippen molar-refractivity contribution in [3.63, 3.8) is 0 Å². The summed E-state index contributed by atoms with van der Waals surface area (Å²) in [5.74, 6) is -0.109. The summed E-state index contributed by atoms with van der Waals surface area (Å²) in [7, 11) is -3.64. The van der Waals surface area contributed by atoms with Crippen LogP contribution in [0.1, 0.15) is 29.2 Å². The molecule has 1 amide bonds. The average Bonchev–Trinajstić information content (AvgIpc) is 3.08. The minimum atomic E-state index is -3.64. The Hall–Kier alpha value is -3.49. The third-order valence-corrected chi connectivity index (χ3v) is 6.60. The fourth-order valence-electron chi connectivity index (χ4n) is 3.51. The highest BCUT2D eigenvalue weighted by molar-refractivity contribution is 7.90. The van der Waals surface area contributed by atoms with Crippen LogP contribution in [0.5, 0.6) is 0 Å². The fraction of sp³-hybridized carbons (Fsp3) is 0.200. The van der Waals surface area contributed by atoms with E-state index in [4.69, 9.17) is 4.74 Å². The summed E-state index contributed by atoms with van der Waals surface area (Å²) in [6.45, 7) is 2.97. The first-order valence-corrected chi connectivity index (χ1v) is 12.1. The third kappa shape index (κ3) is 5.66. The van der Waals surface area contributed by atoms with Crippen LogP contribution >= 0.6 is 0 Å². The molecule has 4 rings (SSSR count). The molecule has 8 heteroatoms. The van der Waals surface area contributed by atoms with Gasteiger partial charge in [0.25, 0.3) is 10.0 Å². The molecule has 1 heterocycles. The first-order valence-electron chi connectivity index (χ1n) is 10.6. The van der Waals surface area contributed by atoms with Crippen molar-refractivity contribution in [3.8, 4) is 0 Å². The molecule has 1 atom stereocenters. The van der Waals surface area contributed by atoms with Crippen LogP contribution < -0.4 is 10.0 Å². The van der Waals surface area contributed by atoms with E-state index in [0.29, 0.717) is 25.3 Å². The SMILES string of the molecule is C[C@H](N=C1NS(=O)(=O)c2ccccc21)C(=O)NCc1cccc(COCc2ccccc2)c1. The summed E-state index contributed by atoms with van der Waals surface area (Å²) >= 11 is 0. The predicted molar refractivity (Wildman–Crippen MR) is 126 cm³/mol. The number of amides is 1. The van der Waals surface area contributed by atoms with Crippen LogP contribution in [-0.2, 0) is 39.3 Å². The Balaban J connectivity index is 1.32. The van der Waals surface area contributed by atoms with Gasteiger partial charge in [-0.25, -0.2) is 8.42 Å². The van der Waals surface area contributed by atoms with Gasteiger partial charge in [0.15, 0.2) is 0 Å². The topological polar surface area (TPSA) is 96.9 Å². The molecule has 33 heavy (non-hydrogen) atoms. The van der Waals surface area contributed by atoms with Crippen LogP contribution in [0.25, 0.3) is 0 Å². The Morgan fingerprint density at radius 3 is 2.42 bits per heavy atom. The highest BCUT2D eigenvalue weighted by Gasteiger charge is 2.31. The molecule has 0 radical (unpaired) electrons. The molecule has 170 valence electrons. The number of nitrogens with zero attached hydrogens (tertiary/aromatic N) is 1. The van der Waals surface area contributed by atoms with Crippen molar-refractivity contribution in [1.29, 1.82) is 0 Å². The van der Waals surface area contributed by atoms with Crippen LogP contribution in [0.4, 0.5) is 0 Å². The molecule has 1 aliphatic heterocycles. The van der Waals surface area contributed by atoms with Gasteiger partial charge in [-0.1, -0.05) is 66.7 Å². The minimum Gasteiger partial charge on any atom is -0.372 e. The maximum absolute atomic E-state index is 12.6. The zero-order valence-electron chi connectivity index (χ0n) is 18.2. The van der Waals surface area contributed by atoms with E-state index < -0.39 is 16.1 Å². The molecule has 2 N–H and O–H groups in total. The highest BCUT2D eigenvalue weighted by Crippen LogP contribution is 2.22. The second kappa shape index (κ2) is 9.97. The van der Waals surface area contributed by atoms with Gasteiger partial charge in [0, 0.05) is 12.1 Å². The lowest BCUT2D eigenvalue weighted by atomic mass is 10.1. The van der Waals surface area contributed by atoms with Crippen molar-refractivity contribution in [2.24, 2.45) is 4.99 Å². The van der Waals surface area contributed by atoms with E-state index >= 15 is 0 Å². The van der Waals surface area contributed by atoms with Crippen molar-refractivity contribution in [1.82, 2.24) is 10.0 Å². The lowest BCUT2D eigenvalue weighted by Crippen LogP contribution is -2.33. The largest absolute Gasteiger partial charge is 0.372 e. The van der Waals surface area contributed by atoms with Gasteiger partial charge in [-0.2, -0.15) is 0 Å². The van der Waals surface area contributed by atoms with E-state index in [1.807, 2.05) is 54.6 Å². The van der Waals surface area contributed by atoms with Gasteiger partial charge in [0.2, 0.25) is 5.91 Å². The number of fused-ring (bicyclic) bond motifs is 1. The van der Waals surface area contributed by atoms with Crippen molar-refractivity contribution in [2.45, 2.75) is 37.6 Å². The van der Waals surface area contributed by atoms with Crippen molar-refractivity contribution in [3.05, 3.63) is 101 Å². The van der Waals surface area contributed by atoms with Crippen molar-refractivity contribution in [2.75, 3.05) is 0 Å². The van der Waals surface area contributed by atoms with E-state index in [1.165, 1.54) is 6.07 Å². The summed E-state index contributed by atoms with van der Waals surface area (Å²) in [5.41, 5.74) is 3.54. The maximum Gasteiger partial charge on any atom is 0.263 e. The molecule has 3 aromatic carbocycles. The number of hydrogen-bond acceptors (Lipinski definition) is 5. The summed E-state index contributed by atoms with van der Waals surface area (Å²) in [6, 6.07) is 23.6. The van der Waals surface area contributed by atoms with Crippen molar-refractivity contribution < 1.29 is 17.9 Å². The van der Waals surface area contributed by atoms with Gasteiger partial charge in [-0.05, 0) is 35.7 Å². The van der Waals surface area contributed by atoms with Crippen molar-refractivity contribution >= 4 is 21.8 Å². The number of carbonyl (C=O) groups is 1. The second-order valence-corrected chi connectivity index (χ2v) is 9.42. The first kappa shape index (κ1) is 22.7. The minimum absolute atomic E-state index is 0.169. The van der Waals surface area contributed by atoms with Crippen LogP contribution in [-0.4, -0.2) is 26.2 Å². The van der Waals surface area contributed by atoms with Gasteiger partial charge in [0.05, 0.1) is 18.1 Å². The van der Waals surface area contributed by atoms with E-state index in [1.54, 1.807) is 25.1 Å². The molecule has 0 unspecified atom stereocenters. The molecule has 3 aromatic rings. The van der Waals surface area contributed by atoms with E-state index in [-0.39, 0.29) is 16.6 Å². The van der Waals surface area contributed by atoms with Gasteiger partial charge in [-0.3, -0.25) is 14.5 Å². The number of hydrogen-bond donors (Lipinski definition) is 2. The molecule has 0 spiro atoms. The Morgan fingerprint density at radius 1 is 0.939 bits per heavy atom. The molecule has 0 fully saturated rings. The number of carbonyl (C=O) groups excluding carboxylic acids is 1. The van der Waals surface area contributed by atoms with Crippen LogP contribution in [0.3, 0.4) is 0 Å². The summed E-state index contributed by atoms with van der Waals surface area (Å²) in [6.07, 6.45) is 0. The standard InChI is InChI=1S/C25H25N3O4S/c1-18(27-24-22-12-5-6-13-23(22)33(30,31)28-24)25(29)26-15-20-10-7-11-21(14-20)17-32-16-19-8-3-2-4-9-19/h2-14,18H,15-17H2,1H3,(H,26,29)(H,27,28)/t18-/m0/s1. The fourth-order valence-corrected chi connectivity index (χ4v) is 4.75. The van der Waals surface area contributed by atoms with E-state index in [0.717, 1.165) is 16.7 Å². The number of benzene rings is 3. The Morgan fingerprint density at radius 2 is 1.61 bits per heavy atom. The lowest BCUT2D eigenvalue weighted by Gasteiger charge is -2.11. The Kier molecular flexibility index (Phi) is 6.86. The molecule has 0 aromatic heterocycles. The quantitative estimate of drug-likeness (QED) is 0.536. The number of sulfonamides is 1. The molecular weight excluding hydrogens is 438 g/mol. The molecule has 1 aliphatic rings. The number of ether oxygens (including phenoxy) is 1. The smallest absolute Gasteiger partial charge is 0.263 e. The second-order valence-electron chi connectivity index (χ2n) is 7.77. The molecular formula is C25H25N3O4S. The predicted octanol–water partition coefficient (Wildman–Crippen LogP) is 3.15. The summed E-state index contributed by atoms with van der Waals surface area (Å²) in [5, 5.41) is 2.86. The maximum atomic E-state index is 12.6. The molecule has 7 nitrogen and oxygen atoms in total. The normalized spacial score (nSPS) is 16.1. The average molecular weight is 464 g/mol. The zero-order valence-corrected chi connectivity index (χ0v) is 19.0. The van der Waals surface area contributed by atoms with E-state index in [9.17, 15) is 13.2 Å².